The van der Waals surface area contributed by atoms with Gasteiger partial charge in [0.2, 0.25) is 0 Å². The second kappa shape index (κ2) is 6.24. The van der Waals surface area contributed by atoms with E-state index in [-0.39, 0.29) is 0 Å². The van der Waals surface area contributed by atoms with Gasteiger partial charge in [-0.05, 0) is 30.3 Å². The molecule has 6 heteroatoms. The third kappa shape index (κ3) is 3.22. The molecule has 0 aliphatic carbocycles. The lowest BCUT2D eigenvalue weighted by Crippen LogP contribution is -1.91. The molecular weight excluding hydrogens is 304 g/mol. The number of benzene rings is 1. The molecule has 0 amide bonds. The van der Waals surface area contributed by atoms with Crippen LogP contribution in [0.25, 0.3) is 10.8 Å². The molecule has 21 heavy (non-hydrogen) atoms. The van der Waals surface area contributed by atoms with E-state index in [2.05, 4.69) is 4.98 Å². The molecule has 0 saturated heterocycles. The van der Waals surface area contributed by atoms with Gasteiger partial charge in [-0.3, -0.25) is 0 Å². The molecule has 2 N–H and O–H groups in total. The number of rotatable bonds is 5. The predicted octanol–water partition coefficient (Wildman–Crippen LogP) is 4.29. The number of anilines is 1. The third-order valence-corrected chi connectivity index (χ3v) is 4.89. The maximum absolute atomic E-state index is 5.98. The number of hydrogen-bond acceptors (Lipinski definition) is 6. The van der Waals surface area contributed by atoms with Gasteiger partial charge in [-0.15, -0.1) is 23.1 Å². The average Bonchev–Trinajstić information content (AvgIpc) is 3.17. The summed E-state index contributed by atoms with van der Waals surface area (Å²) in [6, 6.07) is 9.44. The molecule has 2 aromatic heterocycles. The number of nitrogen functional groups attached to an aromatic ring is 1. The monoisotopic (exact) mass is 318 g/mol. The molecule has 4 nitrogen and oxygen atoms in total. The Balaban J connectivity index is 1.71. The molecule has 0 atom stereocenters. The smallest absolute Gasteiger partial charge is 0.162 e. The first-order valence-electron chi connectivity index (χ1n) is 6.31. The van der Waals surface area contributed by atoms with Gasteiger partial charge in [-0.25, -0.2) is 4.98 Å². The van der Waals surface area contributed by atoms with Crippen molar-refractivity contribution in [3.8, 4) is 16.5 Å². The Bertz CT molecular complexity index is 723. The summed E-state index contributed by atoms with van der Waals surface area (Å²) in [7, 11) is 1.65. The minimum atomic E-state index is 0.752. The lowest BCUT2D eigenvalue weighted by Gasteiger charge is -2.06. The Kier molecular flexibility index (Phi) is 4.17. The lowest BCUT2D eigenvalue weighted by atomic mass is 10.3. The van der Waals surface area contributed by atoms with Crippen molar-refractivity contribution in [1.82, 2.24) is 4.98 Å². The number of hydrogen-bond donors (Lipinski definition) is 1. The molecule has 0 aliphatic rings. The van der Waals surface area contributed by atoms with Crippen molar-refractivity contribution in [1.29, 1.82) is 0 Å². The molecule has 0 bridgehead atoms. The number of aromatic nitrogens is 1. The van der Waals surface area contributed by atoms with Crippen LogP contribution in [0, 0.1) is 0 Å². The van der Waals surface area contributed by atoms with Crippen LogP contribution in [-0.4, -0.2) is 12.1 Å². The standard InChI is InChI=1S/C15H14N2O2S2/c1-18-11-4-5-12(16)14(7-11)20-8-10-9-21-15(17-10)13-3-2-6-19-13/h2-7,9H,8,16H2,1H3. The van der Waals surface area contributed by atoms with Crippen LogP contribution in [0.15, 0.2) is 51.3 Å². The zero-order valence-corrected chi connectivity index (χ0v) is 13.0. The minimum absolute atomic E-state index is 0.752. The summed E-state index contributed by atoms with van der Waals surface area (Å²) in [5.41, 5.74) is 7.75. The summed E-state index contributed by atoms with van der Waals surface area (Å²) in [4.78, 5) is 5.57. The maximum Gasteiger partial charge on any atom is 0.162 e. The summed E-state index contributed by atoms with van der Waals surface area (Å²) in [5, 5.41) is 2.94. The quantitative estimate of drug-likeness (QED) is 0.562. The fourth-order valence-electron chi connectivity index (χ4n) is 1.81. The number of ether oxygens (including phenoxy) is 1. The van der Waals surface area contributed by atoms with Gasteiger partial charge in [0.1, 0.15) is 5.75 Å². The molecule has 1 aromatic carbocycles. The Labute approximate surface area is 131 Å². The molecular formula is C15H14N2O2S2. The number of nitrogens with zero attached hydrogens (tertiary/aromatic N) is 1. The second-order valence-corrected chi connectivity index (χ2v) is 6.19. The topological polar surface area (TPSA) is 61.3 Å². The van der Waals surface area contributed by atoms with E-state index in [0.29, 0.717) is 0 Å². The van der Waals surface area contributed by atoms with E-state index in [1.165, 1.54) is 0 Å². The van der Waals surface area contributed by atoms with Crippen LogP contribution in [0.3, 0.4) is 0 Å². The van der Waals surface area contributed by atoms with Crippen LogP contribution in [0.5, 0.6) is 5.75 Å². The molecule has 108 valence electrons. The molecule has 0 aliphatic heterocycles. The Hall–Kier alpha value is -1.92. The molecule has 0 radical (unpaired) electrons. The molecule has 0 unspecified atom stereocenters. The summed E-state index contributed by atoms with van der Waals surface area (Å²) in [5.74, 6) is 2.37. The first-order valence-corrected chi connectivity index (χ1v) is 8.17. The summed E-state index contributed by atoms with van der Waals surface area (Å²) in [6.07, 6.45) is 1.65. The average molecular weight is 318 g/mol. The fraction of sp³-hybridized carbons (Fsp3) is 0.133. The van der Waals surface area contributed by atoms with Gasteiger partial charge >= 0.3 is 0 Å². The first kappa shape index (κ1) is 14.0. The fourth-order valence-corrected chi connectivity index (χ4v) is 3.58. The highest BCUT2D eigenvalue weighted by Crippen LogP contribution is 2.32. The number of thioether (sulfide) groups is 1. The molecule has 0 saturated carbocycles. The van der Waals surface area contributed by atoms with E-state index in [9.17, 15) is 0 Å². The van der Waals surface area contributed by atoms with Crippen LogP contribution in [0.1, 0.15) is 5.69 Å². The number of nitrogens with two attached hydrogens (primary N) is 1. The summed E-state index contributed by atoms with van der Waals surface area (Å²) in [6.45, 7) is 0. The second-order valence-electron chi connectivity index (χ2n) is 4.31. The Morgan fingerprint density at radius 3 is 3.05 bits per heavy atom. The first-order chi connectivity index (χ1) is 10.3. The molecule has 2 heterocycles. The maximum atomic E-state index is 5.98. The van der Waals surface area contributed by atoms with Gasteiger partial charge in [0.05, 0.1) is 19.1 Å². The van der Waals surface area contributed by atoms with E-state index in [1.54, 1.807) is 36.5 Å². The zero-order chi connectivity index (χ0) is 14.7. The van der Waals surface area contributed by atoms with Gasteiger partial charge in [0.25, 0.3) is 0 Å². The van der Waals surface area contributed by atoms with Gasteiger partial charge in [-0.2, -0.15) is 0 Å². The van der Waals surface area contributed by atoms with Crippen LogP contribution in [-0.2, 0) is 5.75 Å². The largest absolute Gasteiger partial charge is 0.497 e. The highest BCUT2D eigenvalue weighted by molar-refractivity contribution is 7.98. The molecule has 0 spiro atoms. The molecule has 3 aromatic rings. The lowest BCUT2D eigenvalue weighted by molar-refractivity contribution is 0.414. The van der Waals surface area contributed by atoms with E-state index in [1.807, 2.05) is 35.7 Å². The zero-order valence-electron chi connectivity index (χ0n) is 11.4. The Morgan fingerprint density at radius 2 is 2.29 bits per heavy atom. The SMILES string of the molecule is COc1ccc(N)c(SCc2csc(-c3ccco3)n2)c1. The van der Waals surface area contributed by atoms with Crippen LogP contribution >= 0.6 is 23.1 Å². The highest BCUT2D eigenvalue weighted by atomic mass is 32.2. The van der Waals surface area contributed by atoms with Crippen LogP contribution < -0.4 is 10.5 Å². The van der Waals surface area contributed by atoms with Crippen molar-refractivity contribution in [2.45, 2.75) is 10.6 Å². The number of furan rings is 1. The molecule has 3 rings (SSSR count). The third-order valence-electron chi connectivity index (χ3n) is 2.88. The van der Waals surface area contributed by atoms with Crippen molar-refractivity contribution in [3.63, 3.8) is 0 Å². The van der Waals surface area contributed by atoms with Crippen molar-refractivity contribution in [2.75, 3.05) is 12.8 Å². The van der Waals surface area contributed by atoms with Gasteiger partial charge < -0.3 is 14.9 Å². The summed E-state index contributed by atoms with van der Waals surface area (Å²) < 4.78 is 10.6. The van der Waals surface area contributed by atoms with E-state index < -0.39 is 0 Å². The van der Waals surface area contributed by atoms with E-state index in [4.69, 9.17) is 14.9 Å². The summed E-state index contributed by atoms with van der Waals surface area (Å²) >= 11 is 3.23. The Morgan fingerprint density at radius 1 is 1.38 bits per heavy atom. The minimum Gasteiger partial charge on any atom is -0.497 e. The molecule has 0 fully saturated rings. The van der Waals surface area contributed by atoms with Crippen molar-refractivity contribution in [2.24, 2.45) is 0 Å². The van der Waals surface area contributed by atoms with E-state index >= 15 is 0 Å². The number of thiazole rings is 1. The van der Waals surface area contributed by atoms with Crippen LogP contribution in [0.2, 0.25) is 0 Å². The van der Waals surface area contributed by atoms with Gasteiger partial charge in [0, 0.05) is 21.7 Å². The van der Waals surface area contributed by atoms with Crippen molar-refractivity contribution >= 4 is 28.8 Å². The van der Waals surface area contributed by atoms with Crippen molar-refractivity contribution < 1.29 is 9.15 Å². The number of methoxy groups -OCH3 is 1. The van der Waals surface area contributed by atoms with Crippen molar-refractivity contribution in [3.05, 3.63) is 47.7 Å². The van der Waals surface area contributed by atoms with Crippen LogP contribution in [0.4, 0.5) is 5.69 Å². The highest BCUT2D eigenvalue weighted by Gasteiger charge is 2.09. The van der Waals surface area contributed by atoms with Gasteiger partial charge in [-0.1, -0.05) is 0 Å². The predicted molar refractivity (Wildman–Crippen MR) is 86.8 cm³/mol. The van der Waals surface area contributed by atoms with Gasteiger partial charge in [0.15, 0.2) is 10.8 Å². The normalized spacial score (nSPS) is 10.7. The van der Waals surface area contributed by atoms with E-state index in [0.717, 1.165) is 38.5 Å².